The molecular formula is C9H17N3O3S. The third-order valence-corrected chi connectivity index (χ3v) is 4.24. The van der Waals surface area contributed by atoms with Gasteiger partial charge in [0.1, 0.15) is 6.04 Å². The maximum Gasteiger partial charge on any atom is 0.239 e. The number of carbonyl (C=O) groups excluding carboxylic acids is 1. The van der Waals surface area contributed by atoms with Crippen LogP contribution in [0.3, 0.4) is 0 Å². The molecule has 1 heterocycles. The maximum atomic E-state index is 11.9. The molecule has 6 nitrogen and oxygen atoms in total. The number of likely N-dealkylation sites (N-methyl/N-ethyl adjacent to an activating group) is 1. The van der Waals surface area contributed by atoms with E-state index in [1.54, 1.807) is 0 Å². The third kappa shape index (κ3) is 2.81. The molecule has 1 saturated heterocycles. The van der Waals surface area contributed by atoms with Crippen LogP contribution in [0, 0.1) is 0 Å². The SMILES string of the molecule is C=CCS(=O)(=O)N1CCNCC1C(=O)NC. The van der Waals surface area contributed by atoms with Crippen molar-refractivity contribution in [3.63, 3.8) is 0 Å². The van der Waals surface area contributed by atoms with Crippen LogP contribution in [0.4, 0.5) is 0 Å². The fourth-order valence-corrected chi connectivity index (χ4v) is 3.07. The lowest BCUT2D eigenvalue weighted by atomic mass is 10.2. The second-order valence-corrected chi connectivity index (χ2v) is 5.48. The van der Waals surface area contributed by atoms with Crippen LogP contribution in [-0.4, -0.2) is 57.1 Å². The summed E-state index contributed by atoms with van der Waals surface area (Å²) in [6.45, 7) is 4.63. The highest BCUT2D eigenvalue weighted by atomic mass is 32.2. The van der Waals surface area contributed by atoms with Gasteiger partial charge in [0.25, 0.3) is 0 Å². The second-order valence-electron chi connectivity index (χ2n) is 3.51. The summed E-state index contributed by atoms with van der Waals surface area (Å²) in [7, 11) is -1.93. The Hall–Kier alpha value is -0.920. The molecule has 1 atom stereocenters. The molecule has 0 aromatic heterocycles. The van der Waals surface area contributed by atoms with Crippen LogP contribution in [0.25, 0.3) is 0 Å². The van der Waals surface area contributed by atoms with Gasteiger partial charge in [-0.3, -0.25) is 4.79 Å². The van der Waals surface area contributed by atoms with Gasteiger partial charge >= 0.3 is 0 Å². The van der Waals surface area contributed by atoms with Crippen LogP contribution in [0.15, 0.2) is 12.7 Å². The molecule has 1 fully saturated rings. The van der Waals surface area contributed by atoms with Crippen molar-refractivity contribution in [3.05, 3.63) is 12.7 Å². The van der Waals surface area contributed by atoms with Crippen LogP contribution in [0.2, 0.25) is 0 Å². The summed E-state index contributed by atoms with van der Waals surface area (Å²) in [5.41, 5.74) is 0. The minimum atomic E-state index is -3.42. The Morgan fingerprint density at radius 1 is 1.69 bits per heavy atom. The number of carbonyl (C=O) groups is 1. The third-order valence-electron chi connectivity index (χ3n) is 2.43. The Morgan fingerprint density at radius 2 is 2.38 bits per heavy atom. The Morgan fingerprint density at radius 3 is 2.94 bits per heavy atom. The van der Waals surface area contributed by atoms with Gasteiger partial charge in [-0.25, -0.2) is 8.42 Å². The van der Waals surface area contributed by atoms with E-state index in [9.17, 15) is 13.2 Å². The molecule has 0 aliphatic carbocycles. The average Bonchev–Trinajstić information content (AvgIpc) is 2.28. The van der Waals surface area contributed by atoms with Gasteiger partial charge in [-0.1, -0.05) is 6.08 Å². The Kier molecular flexibility index (Phi) is 4.45. The van der Waals surface area contributed by atoms with Gasteiger partial charge in [0.15, 0.2) is 0 Å². The van der Waals surface area contributed by atoms with Crippen LogP contribution in [-0.2, 0) is 14.8 Å². The van der Waals surface area contributed by atoms with Gasteiger partial charge in [0, 0.05) is 26.7 Å². The first-order chi connectivity index (χ1) is 7.53. The number of nitrogens with one attached hydrogen (secondary N) is 2. The first-order valence-electron chi connectivity index (χ1n) is 5.05. The van der Waals surface area contributed by atoms with Gasteiger partial charge in [-0.05, 0) is 0 Å². The van der Waals surface area contributed by atoms with Crippen molar-refractivity contribution in [1.29, 1.82) is 0 Å². The number of rotatable bonds is 4. The molecule has 0 aromatic carbocycles. The highest BCUT2D eigenvalue weighted by Gasteiger charge is 2.35. The molecule has 0 saturated carbocycles. The average molecular weight is 247 g/mol. The topological polar surface area (TPSA) is 78.5 Å². The summed E-state index contributed by atoms with van der Waals surface area (Å²) in [6, 6.07) is -0.663. The molecule has 1 aliphatic rings. The lowest BCUT2D eigenvalue weighted by Crippen LogP contribution is -2.59. The van der Waals surface area contributed by atoms with Crippen molar-refractivity contribution in [2.45, 2.75) is 6.04 Å². The minimum absolute atomic E-state index is 0.138. The summed E-state index contributed by atoms with van der Waals surface area (Å²) < 4.78 is 25.0. The van der Waals surface area contributed by atoms with Crippen molar-refractivity contribution in [2.75, 3.05) is 32.4 Å². The fraction of sp³-hybridized carbons (Fsp3) is 0.667. The first kappa shape index (κ1) is 13.1. The van der Waals surface area contributed by atoms with Crippen molar-refractivity contribution in [2.24, 2.45) is 0 Å². The smallest absolute Gasteiger partial charge is 0.239 e. The Labute approximate surface area is 95.7 Å². The molecule has 0 aromatic rings. The number of piperazine rings is 1. The first-order valence-corrected chi connectivity index (χ1v) is 6.66. The molecule has 0 spiro atoms. The number of hydrogen-bond donors (Lipinski definition) is 2. The van der Waals surface area contributed by atoms with Gasteiger partial charge in [-0.15, -0.1) is 6.58 Å². The summed E-state index contributed by atoms with van der Waals surface area (Å²) in [6.07, 6.45) is 1.33. The zero-order valence-corrected chi connectivity index (χ0v) is 10.1. The molecule has 0 radical (unpaired) electrons. The van der Waals surface area contributed by atoms with E-state index in [1.807, 2.05) is 0 Å². The van der Waals surface area contributed by atoms with Gasteiger partial charge in [-0.2, -0.15) is 4.31 Å². The Balaban J connectivity index is 2.90. The quantitative estimate of drug-likeness (QED) is 0.594. The monoisotopic (exact) mass is 247 g/mol. The number of nitrogens with zero attached hydrogens (tertiary/aromatic N) is 1. The lowest BCUT2D eigenvalue weighted by molar-refractivity contribution is -0.124. The Bertz CT molecular complexity index is 366. The summed E-state index contributed by atoms with van der Waals surface area (Å²) in [4.78, 5) is 11.5. The molecule has 1 rings (SSSR count). The van der Waals surface area contributed by atoms with Gasteiger partial charge in [0.2, 0.25) is 15.9 Å². The van der Waals surface area contributed by atoms with E-state index >= 15 is 0 Å². The molecule has 16 heavy (non-hydrogen) atoms. The van der Waals surface area contributed by atoms with Gasteiger partial charge < -0.3 is 10.6 Å². The van der Waals surface area contributed by atoms with E-state index in [-0.39, 0.29) is 11.7 Å². The molecule has 1 unspecified atom stereocenters. The van der Waals surface area contributed by atoms with Crippen molar-refractivity contribution < 1.29 is 13.2 Å². The van der Waals surface area contributed by atoms with Crippen LogP contribution in [0.5, 0.6) is 0 Å². The van der Waals surface area contributed by atoms with Gasteiger partial charge in [0.05, 0.1) is 5.75 Å². The second kappa shape index (κ2) is 5.42. The van der Waals surface area contributed by atoms with Crippen molar-refractivity contribution in [3.8, 4) is 0 Å². The standard InChI is InChI=1S/C9H17N3O3S/c1-3-6-16(14,15)12-5-4-11-7-8(12)9(13)10-2/h3,8,11H,1,4-7H2,2H3,(H,10,13). The van der Waals surface area contributed by atoms with E-state index in [0.717, 1.165) is 0 Å². The van der Waals surface area contributed by atoms with Crippen LogP contribution in [0.1, 0.15) is 0 Å². The summed E-state index contributed by atoms with van der Waals surface area (Å²) in [5.74, 6) is -0.430. The predicted molar refractivity (Wildman–Crippen MR) is 61.4 cm³/mol. The zero-order valence-electron chi connectivity index (χ0n) is 9.27. The highest BCUT2D eigenvalue weighted by Crippen LogP contribution is 2.10. The molecular weight excluding hydrogens is 230 g/mol. The predicted octanol–water partition coefficient (Wildman–Crippen LogP) is -1.48. The van der Waals surface area contributed by atoms with E-state index in [4.69, 9.17) is 0 Å². The number of amides is 1. The van der Waals surface area contributed by atoms with E-state index in [0.29, 0.717) is 19.6 Å². The number of sulfonamides is 1. The van der Waals surface area contributed by atoms with Crippen molar-refractivity contribution in [1.82, 2.24) is 14.9 Å². The normalized spacial score (nSPS) is 22.7. The maximum absolute atomic E-state index is 11.9. The largest absolute Gasteiger partial charge is 0.358 e. The molecule has 1 aliphatic heterocycles. The fourth-order valence-electron chi connectivity index (χ4n) is 1.65. The van der Waals surface area contributed by atoms with Crippen LogP contribution < -0.4 is 10.6 Å². The van der Waals surface area contributed by atoms with E-state index in [1.165, 1.54) is 17.4 Å². The zero-order chi connectivity index (χ0) is 12.2. The molecule has 7 heteroatoms. The van der Waals surface area contributed by atoms with Crippen molar-refractivity contribution >= 4 is 15.9 Å². The molecule has 92 valence electrons. The minimum Gasteiger partial charge on any atom is -0.358 e. The van der Waals surface area contributed by atoms with E-state index in [2.05, 4.69) is 17.2 Å². The highest BCUT2D eigenvalue weighted by molar-refractivity contribution is 7.89. The molecule has 2 N–H and O–H groups in total. The summed E-state index contributed by atoms with van der Waals surface area (Å²) in [5, 5.41) is 5.47. The molecule has 1 amide bonds. The van der Waals surface area contributed by atoms with Crippen LogP contribution >= 0.6 is 0 Å². The summed E-state index contributed by atoms with van der Waals surface area (Å²) >= 11 is 0. The van der Waals surface area contributed by atoms with E-state index < -0.39 is 16.1 Å². The lowest BCUT2D eigenvalue weighted by Gasteiger charge is -2.33. The molecule has 0 bridgehead atoms. The number of hydrogen-bond acceptors (Lipinski definition) is 4.